The van der Waals surface area contributed by atoms with E-state index in [1.54, 1.807) is 6.92 Å². The van der Waals surface area contributed by atoms with E-state index in [1.807, 2.05) is 51.1 Å². The number of rotatable bonds is 13. The molecule has 172 valence electrons. The lowest BCUT2D eigenvalue weighted by atomic mass is 10.0. The quantitative estimate of drug-likeness (QED) is 0.364. The molecule has 8 nitrogen and oxygen atoms in total. The molecule has 0 bridgehead atoms. The van der Waals surface area contributed by atoms with Crippen LogP contribution in [0, 0.1) is 5.92 Å². The number of hydrogen-bond acceptors (Lipinski definition) is 6. The van der Waals surface area contributed by atoms with Crippen LogP contribution < -0.4 is 10.6 Å². The molecule has 0 fully saturated rings. The van der Waals surface area contributed by atoms with Gasteiger partial charge in [-0.05, 0) is 31.2 Å². The Kier molecular flexibility index (Phi) is 11.9. The van der Waals surface area contributed by atoms with Crippen molar-refractivity contribution >= 4 is 23.8 Å². The van der Waals surface area contributed by atoms with Gasteiger partial charge in [-0.1, -0.05) is 63.9 Å². The normalized spacial score (nSPS) is 12.5. The lowest BCUT2D eigenvalue weighted by molar-refractivity contribution is -0.154. The Balaban J connectivity index is 2.79. The van der Waals surface area contributed by atoms with E-state index in [1.165, 1.54) is 0 Å². The molecule has 1 aromatic carbocycles. The molecule has 2 N–H and O–H groups in total. The molecule has 0 heterocycles. The molecule has 0 aliphatic carbocycles. The maximum atomic E-state index is 12.9. The fourth-order valence-corrected chi connectivity index (χ4v) is 2.90. The first-order valence-corrected chi connectivity index (χ1v) is 10.8. The first kappa shape index (κ1) is 26.1. The zero-order valence-corrected chi connectivity index (χ0v) is 18.8. The third-order valence-electron chi connectivity index (χ3n) is 4.48. The molecule has 2 atom stereocenters. The lowest BCUT2D eigenvalue weighted by Gasteiger charge is -2.23. The summed E-state index contributed by atoms with van der Waals surface area (Å²) in [6.45, 7) is 7.52. The summed E-state index contributed by atoms with van der Waals surface area (Å²) in [6, 6.07) is 7.28. The predicted molar refractivity (Wildman–Crippen MR) is 116 cm³/mol. The Hall–Kier alpha value is -2.90. The Labute approximate surface area is 184 Å². The molecule has 1 rings (SSSR count). The second-order valence-electron chi connectivity index (χ2n) is 7.68. The van der Waals surface area contributed by atoms with E-state index in [9.17, 15) is 19.2 Å². The number of carbonyl (C=O) groups is 4. The van der Waals surface area contributed by atoms with Crippen molar-refractivity contribution in [3.8, 4) is 0 Å². The molecular weight excluding hydrogens is 400 g/mol. The van der Waals surface area contributed by atoms with Gasteiger partial charge in [0.25, 0.3) is 5.78 Å². The molecule has 0 spiro atoms. The van der Waals surface area contributed by atoms with E-state index in [4.69, 9.17) is 9.47 Å². The third-order valence-corrected chi connectivity index (χ3v) is 4.48. The van der Waals surface area contributed by atoms with Gasteiger partial charge in [0.2, 0.25) is 5.91 Å². The zero-order chi connectivity index (χ0) is 23.2. The summed E-state index contributed by atoms with van der Waals surface area (Å²) in [5.41, 5.74) is 0.821. The minimum atomic E-state index is -0.997. The number of esters is 1. The second kappa shape index (κ2) is 14.2. The average molecular weight is 435 g/mol. The summed E-state index contributed by atoms with van der Waals surface area (Å²) >= 11 is 0. The molecule has 0 radical (unpaired) electrons. The minimum absolute atomic E-state index is 0.0726. The summed E-state index contributed by atoms with van der Waals surface area (Å²) in [7, 11) is 0. The smallest absolute Gasteiger partial charge is 0.408 e. The summed E-state index contributed by atoms with van der Waals surface area (Å²) in [5, 5.41) is 5.19. The number of benzene rings is 1. The van der Waals surface area contributed by atoms with Gasteiger partial charge >= 0.3 is 12.1 Å². The number of amides is 2. The van der Waals surface area contributed by atoms with Gasteiger partial charge in [0.05, 0.1) is 12.6 Å². The molecule has 1 unspecified atom stereocenters. The first-order chi connectivity index (χ1) is 14.8. The van der Waals surface area contributed by atoms with Gasteiger partial charge < -0.3 is 20.1 Å². The number of ketones is 1. The lowest BCUT2D eigenvalue weighted by Crippen LogP contribution is -2.53. The van der Waals surface area contributed by atoms with Crippen LogP contribution in [0.3, 0.4) is 0 Å². The molecule has 0 aromatic heterocycles. The molecule has 0 saturated heterocycles. The Morgan fingerprint density at radius 1 is 0.935 bits per heavy atom. The summed E-state index contributed by atoms with van der Waals surface area (Å²) < 4.78 is 9.99. The van der Waals surface area contributed by atoms with Gasteiger partial charge in [0, 0.05) is 0 Å². The van der Waals surface area contributed by atoms with E-state index in [-0.39, 0.29) is 19.1 Å². The van der Waals surface area contributed by atoms with Gasteiger partial charge in [0.15, 0.2) is 0 Å². The zero-order valence-electron chi connectivity index (χ0n) is 18.8. The second-order valence-corrected chi connectivity index (χ2v) is 7.68. The minimum Gasteiger partial charge on any atom is -0.460 e. The Bertz CT molecular complexity index is 720. The van der Waals surface area contributed by atoms with Crippen LogP contribution in [-0.2, 0) is 30.5 Å². The molecule has 2 amide bonds. The van der Waals surface area contributed by atoms with Crippen molar-refractivity contribution in [1.29, 1.82) is 0 Å². The van der Waals surface area contributed by atoms with Crippen LogP contribution >= 0.6 is 0 Å². The topological polar surface area (TPSA) is 111 Å². The Morgan fingerprint density at radius 3 is 2.19 bits per heavy atom. The maximum absolute atomic E-state index is 12.9. The first-order valence-electron chi connectivity index (χ1n) is 10.8. The van der Waals surface area contributed by atoms with Crippen molar-refractivity contribution in [2.75, 3.05) is 6.61 Å². The highest BCUT2D eigenvalue weighted by Gasteiger charge is 2.31. The van der Waals surface area contributed by atoms with Crippen LogP contribution in [0.1, 0.15) is 58.9 Å². The number of ether oxygens (including phenoxy) is 2. The fraction of sp³-hybridized carbons (Fsp3) is 0.565. The van der Waals surface area contributed by atoms with E-state index in [2.05, 4.69) is 10.6 Å². The Morgan fingerprint density at radius 2 is 1.61 bits per heavy atom. The van der Waals surface area contributed by atoms with Crippen LogP contribution in [0.2, 0.25) is 0 Å². The summed E-state index contributed by atoms with van der Waals surface area (Å²) in [6.07, 6.45) is 1.37. The summed E-state index contributed by atoms with van der Waals surface area (Å²) in [5.74, 6) is -2.21. The van der Waals surface area contributed by atoms with Crippen molar-refractivity contribution in [2.24, 2.45) is 5.92 Å². The van der Waals surface area contributed by atoms with Gasteiger partial charge in [-0.2, -0.15) is 0 Å². The van der Waals surface area contributed by atoms with Gasteiger partial charge in [-0.25, -0.2) is 9.59 Å². The van der Waals surface area contributed by atoms with Crippen LogP contribution in [0.25, 0.3) is 0 Å². The van der Waals surface area contributed by atoms with Crippen LogP contribution in [0.4, 0.5) is 4.79 Å². The van der Waals surface area contributed by atoms with E-state index in [0.717, 1.165) is 12.0 Å². The highest BCUT2D eigenvalue weighted by atomic mass is 16.5. The van der Waals surface area contributed by atoms with E-state index < -0.39 is 35.8 Å². The largest absolute Gasteiger partial charge is 0.460 e. The van der Waals surface area contributed by atoms with Crippen molar-refractivity contribution in [1.82, 2.24) is 10.6 Å². The standard InChI is InChI=1S/C23H34N2O6/c1-5-7-13-18(20(26)22(28)30-6-2)24-21(27)19(14-16(3)4)25-23(29)31-15-17-11-9-8-10-12-17/h8-12,16,18-19H,5-7,13-15H2,1-4H3,(H,24,27)(H,25,29)/t18?,19-/m0/s1. The average Bonchev–Trinajstić information content (AvgIpc) is 2.74. The number of hydrogen-bond donors (Lipinski definition) is 2. The maximum Gasteiger partial charge on any atom is 0.408 e. The molecule has 0 saturated carbocycles. The van der Waals surface area contributed by atoms with E-state index >= 15 is 0 Å². The molecule has 0 aliphatic heterocycles. The van der Waals surface area contributed by atoms with Gasteiger partial charge in [-0.3, -0.25) is 9.59 Å². The van der Waals surface area contributed by atoms with Gasteiger partial charge in [-0.15, -0.1) is 0 Å². The third kappa shape index (κ3) is 10.1. The van der Waals surface area contributed by atoms with Crippen LogP contribution in [0.15, 0.2) is 30.3 Å². The molecule has 0 aliphatic rings. The van der Waals surface area contributed by atoms with Crippen molar-refractivity contribution in [2.45, 2.75) is 72.1 Å². The SMILES string of the molecule is CCCCC(NC(=O)[C@H](CC(C)C)NC(=O)OCc1ccccc1)C(=O)C(=O)OCC. The van der Waals surface area contributed by atoms with Crippen molar-refractivity contribution < 1.29 is 28.7 Å². The number of carbonyl (C=O) groups excluding carboxylic acids is 4. The number of Topliss-reactive ketones (excluding diaryl/α,β-unsaturated/α-hetero) is 1. The van der Waals surface area contributed by atoms with Crippen molar-refractivity contribution in [3.63, 3.8) is 0 Å². The van der Waals surface area contributed by atoms with Gasteiger partial charge in [0.1, 0.15) is 12.6 Å². The van der Waals surface area contributed by atoms with E-state index in [0.29, 0.717) is 19.3 Å². The van der Waals surface area contributed by atoms with Crippen molar-refractivity contribution in [3.05, 3.63) is 35.9 Å². The number of nitrogens with one attached hydrogen (secondary N) is 2. The highest BCUT2D eigenvalue weighted by molar-refractivity contribution is 6.36. The number of unbranched alkanes of at least 4 members (excludes halogenated alkanes) is 1. The molecule has 1 aromatic rings. The fourth-order valence-electron chi connectivity index (χ4n) is 2.90. The summed E-state index contributed by atoms with van der Waals surface area (Å²) in [4.78, 5) is 49.4. The molecule has 31 heavy (non-hydrogen) atoms. The monoisotopic (exact) mass is 434 g/mol. The van der Waals surface area contributed by atoms with Crippen LogP contribution in [0.5, 0.6) is 0 Å². The highest BCUT2D eigenvalue weighted by Crippen LogP contribution is 2.09. The predicted octanol–water partition coefficient (Wildman–Crippen LogP) is 3.13. The van der Waals surface area contributed by atoms with Crippen LogP contribution in [-0.4, -0.2) is 42.4 Å². The number of alkyl carbamates (subject to hydrolysis) is 1. The molecular formula is C23H34N2O6. The molecule has 8 heteroatoms.